The molecule has 20 heavy (non-hydrogen) atoms. The molecule has 0 amide bonds. The lowest BCUT2D eigenvalue weighted by Crippen LogP contribution is -2.12. The second-order valence-electron chi connectivity index (χ2n) is 5.10. The molecule has 1 aromatic carbocycles. The first kappa shape index (κ1) is 13.3. The maximum atomic E-state index is 11.9. The first-order valence-electron chi connectivity index (χ1n) is 6.69. The molecule has 0 atom stereocenters. The van der Waals surface area contributed by atoms with Gasteiger partial charge in [0.05, 0.1) is 12.8 Å². The summed E-state index contributed by atoms with van der Waals surface area (Å²) in [5, 5.41) is 0.683. The molecule has 3 rings (SSSR count). The van der Waals surface area contributed by atoms with Crippen molar-refractivity contribution < 1.29 is 9.53 Å². The number of carbonyl (C=O) groups is 1. The van der Waals surface area contributed by atoms with E-state index in [2.05, 4.69) is 4.57 Å². The van der Waals surface area contributed by atoms with Gasteiger partial charge >= 0.3 is 0 Å². The topological polar surface area (TPSA) is 31.2 Å². The molecule has 1 aliphatic rings. The Hall–Kier alpha value is -1.74. The Morgan fingerprint density at radius 1 is 1.30 bits per heavy atom. The number of aromatic nitrogens is 1. The van der Waals surface area contributed by atoms with Crippen LogP contribution >= 0.6 is 11.6 Å². The second kappa shape index (κ2) is 4.98. The maximum absolute atomic E-state index is 11.9. The van der Waals surface area contributed by atoms with Gasteiger partial charge in [0.15, 0.2) is 5.78 Å². The monoisotopic (exact) mass is 289 g/mol. The molecule has 4 heteroatoms. The highest BCUT2D eigenvalue weighted by atomic mass is 35.5. The van der Waals surface area contributed by atoms with E-state index in [0.29, 0.717) is 11.4 Å². The summed E-state index contributed by atoms with van der Waals surface area (Å²) < 4.78 is 7.48. The van der Waals surface area contributed by atoms with Crippen LogP contribution in [0.15, 0.2) is 24.4 Å². The molecule has 0 spiro atoms. The van der Waals surface area contributed by atoms with E-state index in [-0.39, 0.29) is 5.78 Å². The van der Waals surface area contributed by atoms with E-state index in [4.69, 9.17) is 16.3 Å². The Morgan fingerprint density at radius 3 is 2.85 bits per heavy atom. The lowest BCUT2D eigenvalue weighted by Gasteiger charge is -2.18. The van der Waals surface area contributed by atoms with E-state index < -0.39 is 0 Å². The molecule has 1 aromatic heterocycles. The lowest BCUT2D eigenvalue weighted by atomic mass is 9.96. The number of aryl methyl sites for hydroxylation is 1. The quantitative estimate of drug-likeness (QED) is 0.838. The number of ether oxygens (including phenoxy) is 1. The molecule has 0 N–H and O–H groups in total. The number of benzene rings is 1. The van der Waals surface area contributed by atoms with Gasteiger partial charge in [-0.05, 0) is 37.5 Å². The number of nitrogens with zero attached hydrogens (tertiary/aromatic N) is 1. The molecule has 1 heterocycles. The van der Waals surface area contributed by atoms with Gasteiger partial charge in [-0.15, -0.1) is 0 Å². The zero-order valence-corrected chi connectivity index (χ0v) is 12.3. The smallest absolute Gasteiger partial charge is 0.164 e. The summed E-state index contributed by atoms with van der Waals surface area (Å²) >= 11 is 6.15. The van der Waals surface area contributed by atoms with Gasteiger partial charge in [-0.3, -0.25) is 4.79 Å². The third-order valence-electron chi connectivity index (χ3n) is 3.83. The Balaban J connectivity index is 2.19. The maximum Gasteiger partial charge on any atom is 0.164 e. The first-order valence-corrected chi connectivity index (χ1v) is 7.07. The minimum atomic E-state index is 0.231. The average Bonchev–Trinajstić information content (AvgIpc) is 2.86. The van der Waals surface area contributed by atoms with Gasteiger partial charge in [-0.2, -0.15) is 0 Å². The third-order valence-corrected chi connectivity index (χ3v) is 4.24. The highest BCUT2D eigenvalue weighted by Gasteiger charge is 2.22. The normalized spacial score (nSPS) is 14.2. The standard InChI is InChI=1S/C16H16ClNO2/c1-10-8-14(16(20-2)9-12(10)17)18-7-6-11-13(18)4-3-5-15(11)19/h6-9H,3-5H2,1-2H3. The van der Waals surface area contributed by atoms with Crippen molar-refractivity contribution in [1.29, 1.82) is 0 Å². The minimum Gasteiger partial charge on any atom is -0.495 e. The van der Waals surface area contributed by atoms with E-state index in [0.717, 1.165) is 41.1 Å². The van der Waals surface area contributed by atoms with Crippen LogP contribution in [0.2, 0.25) is 5.02 Å². The van der Waals surface area contributed by atoms with Crippen LogP contribution in [-0.4, -0.2) is 17.5 Å². The van der Waals surface area contributed by atoms with Crippen molar-refractivity contribution in [3.63, 3.8) is 0 Å². The van der Waals surface area contributed by atoms with Crippen molar-refractivity contribution in [3.8, 4) is 11.4 Å². The van der Waals surface area contributed by atoms with Gasteiger partial charge in [0.1, 0.15) is 5.75 Å². The van der Waals surface area contributed by atoms with Crippen molar-refractivity contribution in [2.45, 2.75) is 26.2 Å². The van der Waals surface area contributed by atoms with E-state index in [1.807, 2.05) is 31.3 Å². The minimum absolute atomic E-state index is 0.231. The first-order chi connectivity index (χ1) is 9.61. The number of Topliss-reactive ketones (excluding diaryl/α,β-unsaturated/α-hetero) is 1. The largest absolute Gasteiger partial charge is 0.495 e. The zero-order valence-electron chi connectivity index (χ0n) is 11.6. The van der Waals surface area contributed by atoms with Crippen LogP contribution in [0.3, 0.4) is 0 Å². The fourth-order valence-corrected chi connectivity index (χ4v) is 2.90. The molecule has 0 aliphatic heterocycles. The fourth-order valence-electron chi connectivity index (χ4n) is 2.75. The molecular weight excluding hydrogens is 274 g/mol. The van der Waals surface area contributed by atoms with Crippen molar-refractivity contribution in [2.24, 2.45) is 0 Å². The Kier molecular flexibility index (Phi) is 3.30. The van der Waals surface area contributed by atoms with Crippen molar-refractivity contribution >= 4 is 17.4 Å². The summed E-state index contributed by atoms with van der Waals surface area (Å²) in [6.45, 7) is 1.96. The van der Waals surface area contributed by atoms with Gasteiger partial charge in [-0.25, -0.2) is 0 Å². The number of hydrogen-bond donors (Lipinski definition) is 0. The van der Waals surface area contributed by atoms with Crippen molar-refractivity contribution in [2.75, 3.05) is 7.11 Å². The lowest BCUT2D eigenvalue weighted by molar-refractivity contribution is 0.0972. The van der Waals surface area contributed by atoms with Crippen LogP contribution in [0, 0.1) is 6.92 Å². The SMILES string of the molecule is COc1cc(Cl)c(C)cc1-n1ccc2c1CCCC2=O. The van der Waals surface area contributed by atoms with E-state index in [1.165, 1.54) is 0 Å². The van der Waals surface area contributed by atoms with Crippen LogP contribution in [0.1, 0.15) is 34.5 Å². The summed E-state index contributed by atoms with van der Waals surface area (Å²) in [6, 6.07) is 5.73. The van der Waals surface area contributed by atoms with Gasteiger partial charge in [0.2, 0.25) is 0 Å². The summed E-state index contributed by atoms with van der Waals surface area (Å²) in [6.07, 6.45) is 4.41. The molecule has 1 aliphatic carbocycles. The van der Waals surface area contributed by atoms with Crippen LogP contribution in [0.25, 0.3) is 5.69 Å². The fraction of sp³-hybridized carbons (Fsp3) is 0.312. The van der Waals surface area contributed by atoms with Gasteiger partial charge in [-0.1, -0.05) is 11.6 Å². The molecule has 0 bridgehead atoms. The van der Waals surface area contributed by atoms with Crippen LogP contribution in [0.4, 0.5) is 0 Å². The van der Waals surface area contributed by atoms with Crippen molar-refractivity contribution in [3.05, 3.63) is 46.2 Å². The summed E-state index contributed by atoms with van der Waals surface area (Å²) in [5.74, 6) is 0.951. The Labute approximate surface area is 123 Å². The molecule has 0 radical (unpaired) electrons. The number of methoxy groups -OCH3 is 1. The summed E-state index contributed by atoms with van der Waals surface area (Å²) in [7, 11) is 1.63. The molecule has 2 aromatic rings. The number of hydrogen-bond acceptors (Lipinski definition) is 2. The Morgan fingerprint density at radius 2 is 2.10 bits per heavy atom. The molecule has 3 nitrogen and oxygen atoms in total. The number of rotatable bonds is 2. The summed E-state index contributed by atoms with van der Waals surface area (Å²) in [4.78, 5) is 11.9. The van der Waals surface area contributed by atoms with Gasteiger partial charge in [0.25, 0.3) is 0 Å². The third kappa shape index (κ3) is 2.02. The average molecular weight is 290 g/mol. The highest BCUT2D eigenvalue weighted by molar-refractivity contribution is 6.31. The predicted molar refractivity (Wildman–Crippen MR) is 79.3 cm³/mol. The number of halogens is 1. The van der Waals surface area contributed by atoms with E-state index in [1.54, 1.807) is 7.11 Å². The van der Waals surface area contributed by atoms with Crippen molar-refractivity contribution in [1.82, 2.24) is 4.57 Å². The molecule has 0 saturated carbocycles. The predicted octanol–water partition coefficient (Wildman–Crippen LogP) is 3.97. The molecule has 0 saturated heterocycles. The summed E-state index contributed by atoms with van der Waals surface area (Å²) in [5.41, 5.74) is 3.84. The molecular formula is C16H16ClNO2. The molecule has 104 valence electrons. The van der Waals surface area contributed by atoms with Gasteiger partial charge < -0.3 is 9.30 Å². The van der Waals surface area contributed by atoms with E-state index in [9.17, 15) is 4.79 Å². The molecule has 0 fully saturated rings. The highest BCUT2D eigenvalue weighted by Crippen LogP contribution is 2.33. The number of carbonyl (C=O) groups excluding carboxylic acids is 1. The Bertz CT molecular complexity index is 688. The number of ketones is 1. The van der Waals surface area contributed by atoms with E-state index >= 15 is 0 Å². The number of fused-ring (bicyclic) bond motifs is 1. The second-order valence-corrected chi connectivity index (χ2v) is 5.50. The molecule has 0 unspecified atom stereocenters. The van der Waals surface area contributed by atoms with Crippen LogP contribution in [-0.2, 0) is 6.42 Å². The zero-order chi connectivity index (χ0) is 14.3. The van der Waals surface area contributed by atoms with Crippen LogP contribution < -0.4 is 4.74 Å². The van der Waals surface area contributed by atoms with Gasteiger partial charge in [0, 0.05) is 35.0 Å². The van der Waals surface area contributed by atoms with Crippen LogP contribution in [0.5, 0.6) is 5.75 Å².